The first-order valence-electron chi connectivity index (χ1n) is 5.56. The maximum absolute atomic E-state index is 13.3. The van der Waals surface area contributed by atoms with Crippen LogP contribution in [-0.4, -0.2) is 9.55 Å². The number of aromatic nitrogens is 2. The number of halogens is 4. The highest BCUT2D eigenvalue weighted by Crippen LogP contribution is 2.35. The maximum Gasteiger partial charge on any atom is 0.206 e. The lowest BCUT2D eigenvalue weighted by Gasteiger charge is -2.11. The number of fused-ring (bicyclic) bond motifs is 1. The van der Waals surface area contributed by atoms with Gasteiger partial charge in [-0.15, -0.1) is 0 Å². The Bertz CT molecular complexity index is 809. The largest absolute Gasteiger partial charge is 0.369 e. The molecular weight excluding hydrogens is 368 g/mol. The van der Waals surface area contributed by atoms with Crippen LogP contribution in [0.5, 0.6) is 0 Å². The third kappa shape index (κ3) is 2.16. The molecule has 2 aromatic carbocycles. The van der Waals surface area contributed by atoms with Crippen molar-refractivity contribution in [2.45, 2.75) is 0 Å². The monoisotopic (exact) mass is 373 g/mol. The molecule has 7 heteroatoms. The van der Waals surface area contributed by atoms with Gasteiger partial charge < -0.3 is 5.73 Å². The summed E-state index contributed by atoms with van der Waals surface area (Å²) in [5, 5.41) is 0.796. The van der Waals surface area contributed by atoms with Gasteiger partial charge >= 0.3 is 0 Å². The standard InChI is InChI=1S/C13H7BrCl2FN3/c14-8-4-7(17)5-9(16)12(8)20-11-2-1-6(15)3-10(11)19-13(20)18/h1-5H,(H2,18,19). The Balaban J connectivity index is 2.38. The predicted molar refractivity (Wildman–Crippen MR) is 83.2 cm³/mol. The van der Waals surface area contributed by atoms with Crippen molar-refractivity contribution in [3.05, 3.63) is 50.7 Å². The van der Waals surface area contributed by atoms with E-state index in [2.05, 4.69) is 20.9 Å². The quantitative estimate of drug-likeness (QED) is 0.663. The fourth-order valence-electron chi connectivity index (χ4n) is 2.06. The summed E-state index contributed by atoms with van der Waals surface area (Å²) in [5.41, 5.74) is 7.86. The Hall–Kier alpha value is -1.30. The number of nitrogens with two attached hydrogens (primary N) is 1. The van der Waals surface area contributed by atoms with E-state index >= 15 is 0 Å². The van der Waals surface area contributed by atoms with E-state index in [1.807, 2.05) is 0 Å². The highest BCUT2D eigenvalue weighted by Gasteiger charge is 2.16. The molecule has 1 aromatic heterocycles. The number of imidazole rings is 1. The third-order valence-corrected chi connectivity index (χ3v) is 3.98. The first kappa shape index (κ1) is 13.7. The van der Waals surface area contributed by atoms with Gasteiger partial charge in [-0.1, -0.05) is 23.2 Å². The lowest BCUT2D eigenvalue weighted by atomic mass is 10.2. The predicted octanol–water partition coefficient (Wildman–Crippen LogP) is 4.82. The molecular formula is C13H7BrCl2FN3. The second kappa shape index (κ2) is 4.91. The van der Waals surface area contributed by atoms with Crippen LogP contribution in [0.4, 0.5) is 10.3 Å². The maximum atomic E-state index is 13.3. The number of benzene rings is 2. The van der Waals surface area contributed by atoms with Crippen molar-refractivity contribution in [1.82, 2.24) is 9.55 Å². The summed E-state index contributed by atoms with van der Waals surface area (Å²) in [4.78, 5) is 4.24. The van der Waals surface area contributed by atoms with Gasteiger partial charge in [-0.05, 0) is 46.3 Å². The number of rotatable bonds is 1. The number of hydrogen-bond acceptors (Lipinski definition) is 2. The minimum absolute atomic E-state index is 0.234. The Morgan fingerprint density at radius 1 is 1.20 bits per heavy atom. The van der Waals surface area contributed by atoms with E-state index in [0.29, 0.717) is 20.7 Å². The highest BCUT2D eigenvalue weighted by molar-refractivity contribution is 9.10. The van der Waals surface area contributed by atoms with E-state index in [0.717, 1.165) is 5.52 Å². The summed E-state index contributed by atoms with van der Waals surface area (Å²) in [7, 11) is 0. The number of hydrogen-bond donors (Lipinski definition) is 1. The van der Waals surface area contributed by atoms with Crippen molar-refractivity contribution in [3.8, 4) is 5.69 Å². The molecule has 0 saturated heterocycles. The lowest BCUT2D eigenvalue weighted by Crippen LogP contribution is -2.02. The van der Waals surface area contributed by atoms with E-state index in [1.165, 1.54) is 12.1 Å². The lowest BCUT2D eigenvalue weighted by molar-refractivity contribution is 0.626. The average Bonchev–Trinajstić information content (AvgIpc) is 2.64. The summed E-state index contributed by atoms with van der Waals surface area (Å²) in [6.07, 6.45) is 0. The Morgan fingerprint density at radius 3 is 2.65 bits per heavy atom. The molecule has 0 amide bonds. The van der Waals surface area contributed by atoms with E-state index in [4.69, 9.17) is 28.9 Å². The average molecular weight is 375 g/mol. The Kier molecular flexibility index (Phi) is 3.36. The van der Waals surface area contributed by atoms with Gasteiger partial charge in [0.1, 0.15) is 5.82 Å². The minimum atomic E-state index is -0.434. The highest BCUT2D eigenvalue weighted by atomic mass is 79.9. The molecule has 0 radical (unpaired) electrons. The van der Waals surface area contributed by atoms with Gasteiger partial charge in [0.15, 0.2) is 0 Å². The molecule has 1 heterocycles. The van der Waals surface area contributed by atoms with Crippen LogP contribution in [0.3, 0.4) is 0 Å². The molecule has 102 valence electrons. The van der Waals surface area contributed by atoms with Gasteiger partial charge in [0.05, 0.1) is 21.7 Å². The van der Waals surface area contributed by atoms with Crippen LogP contribution in [-0.2, 0) is 0 Å². The number of nitrogens with zero attached hydrogens (tertiary/aromatic N) is 2. The van der Waals surface area contributed by atoms with E-state index < -0.39 is 5.82 Å². The van der Waals surface area contributed by atoms with Crippen molar-refractivity contribution >= 4 is 56.1 Å². The summed E-state index contributed by atoms with van der Waals surface area (Å²) in [6.45, 7) is 0. The second-order valence-corrected chi connectivity index (χ2v) is 5.85. The van der Waals surface area contributed by atoms with Crippen LogP contribution < -0.4 is 5.73 Å². The molecule has 0 bridgehead atoms. The molecule has 3 aromatic rings. The molecule has 0 fully saturated rings. The number of nitrogen functional groups attached to an aromatic ring is 1. The molecule has 0 unspecified atom stereocenters. The molecule has 0 spiro atoms. The molecule has 3 nitrogen and oxygen atoms in total. The molecule has 0 atom stereocenters. The van der Waals surface area contributed by atoms with Crippen molar-refractivity contribution in [1.29, 1.82) is 0 Å². The van der Waals surface area contributed by atoms with Gasteiger partial charge in [-0.2, -0.15) is 0 Å². The fraction of sp³-hybridized carbons (Fsp3) is 0. The van der Waals surface area contributed by atoms with Gasteiger partial charge in [-0.25, -0.2) is 9.37 Å². The number of anilines is 1. The Labute approximate surface area is 132 Å². The molecule has 0 aliphatic rings. The van der Waals surface area contributed by atoms with Gasteiger partial charge in [0, 0.05) is 9.50 Å². The zero-order valence-corrected chi connectivity index (χ0v) is 13.0. The van der Waals surface area contributed by atoms with E-state index in [9.17, 15) is 4.39 Å². The van der Waals surface area contributed by atoms with Crippen LogP contribution in [0, 0.1) is 5.82 Å². The zero-order valence-electron chi connectivity index (χ0n) is 9.87. The van der Waals surface area contributed by atoms with E-state index in [-0.39, 0.29) is 11.0 Å². The normalized spacial score (nSPS) is 11.2. The first-order chi connectivity index (χ1) is 9.47. The van der Waals surface area contributed by atoms with Crippen molar-refractivity contribution in [2.75, 3.05) is 5.73 Å². The topological polar surface area (TPSA) is 43.8 Å². The molecule has 0 aliphatic heterocycles. The minimum Gasteiger partial charge on any atom is -0.369 e. The van der Waals surface area contributed by atoms with Crippen LogP contribution in [0.25, 0.3) is 16.7 Å². The summed E-state index contributed by atoms with van der Waals surface area (Å²) < 4.78 is 15.5. The van der Waals surface area contributed by atoms with Crippen LogP contribution >= 0.6 is 39.1 Å². The molecule has 0 aliphatic carbocycles. The first-order valence-corrected chi connectivity index (χ1v) is 7.10. The summed E-state index contributed by atoms with van der Waals surface area (Å²) in [5.74, 6) is -0.187. The summed E-state index contributed by atoms with van der Waals surface area (Å²) in [6, 6.07) is 7.76. The van der Waals surface area contributed by atoms with Gasteiger partial charge in [0.2, 0.25) is 5.95 Å². The van der Waals surface area contributed by atoms with Crippen molar-refractivity contribution in [2.24, 2.45) is 0 Å². The smallest absolute Gasteiger partial charge is 0.206 e. The molecule has 0 saturated carbocycles. The van der Waals surface area contributed by atoms with Gasteiger partial charge in [-0.3, -0.25) is 4.57 Å². The zero-order chi connectivity index (χ0) is 14.4. The fourth-order valence-corrected chi connectivity index (χ4v) is 3.24. The molecule has 3 rings (SSSR count). The van der Waals surface area contributed by atoms with E-state index in [1.54, 1.807) is 22.8 Å². The molecule has 2 N–H and O–H groups in total. The summed E-state index contributed by atoms with van der Waals surface area (Å²) >= 11 is 15.4. The van der Waals surface area contributed by atoms with Crippen LogP contribution in [0.2, 0.25) is 10.0 Å². The van der Waals surface area contributed by atoms with Crippen molar-refractivity contribution in [3.63, 3.8) is 0 Å². The third-order valence-electron chi connectivity index (χ3n) is 2.85. The van der Waals surface area contributed by atoms with Gasteiger partial charge in [0.25, 0.3) is 0 Å². The van der Waals surface area contributed by atoms with Crippen LogP contribution in [0.15, 0.2) is 34.8 Å². The SMILES string of the molecule is Nc1nc2cc(Cl)ccc2n1-c1c(Cl)cc(F)cc1Br. The molecule has 20 heavy (non-hydrogen) atoms. The Morgan fingerprint density at radius 2 is 1.95 bits per heavy atom. The van der Waals surface area contributed by atoms with Crippen molar-refractivity contribution < 1.29 is 4.39 Å². The second-order valence-electron chi connectivity index (χ2n) is 4.16. The van der Waals surface area contributed by atoms with Crippen LogP contribution in [0.1, 0.15) is 0 Å².